The number of aromatic nitrogens is 1. The predicted octanol–water partition coefficient (Wildman–Crippen LogP) is 12.7. The Morgan fingerprint density at radius 1 is 0.943 bits per heavy atom. The first-order valence-electron chi connectivity index (χ1n) is 18.4. The van der Waals surface area contributed by atoms with Gasteiger partial charge < -0.3 is 13.7 Å². The molecule has 0 amide bonds. The fraction of sp³-hybridized carbons (Fsp3) is 0.537. The van der Waals surface area contributed by atoms with E-state index in [-0.39, 0.29) is 24.0 Å². The van der Waals surface area contributed by atoms with Crippen molar-refractivity contribution in [1.82, 2.24) is 4.57 Å². The molecular formula is C41H56ClINO7PSi. The van der Waals surface area contributed by atoms with E-state index in [0.717, 1.165) is 25.2 Å². The van der Waals surface area contributed by atoms with E-state index in [0.29, 0.717) is 35.2 Å². The van der Waals surface area contributed by atoms with Gasteiger partial charge in [0.1, 0.15) is 5.75 Å². The standard InChI is InChI=1S/C41H56ClINO7PSi/c1-39(2,3)50-52(46,51-40(4,5)6)49-32(25-48-53(10,11)41(7,8)9)18-19-44-24-34(33-17-15-28(22-36(33)44)27-12-13-27)37(45)26-47-38-23-29-14-16-31(42)20-30(29)21-35(38)43/h14-17,20-24,27,32H,12-13,18-19,25-26H2,1-11H3. The quantitative estimate of drug-likeness (QED) is 0.0508. The van der Waals surface area contributed by atoms with Gasteiger partial charge in [0, 0.05) is 34.2 Å². The summed E-state index contributed by atoms with van der Waals surface area (Å²) in [5.41, 5.74) is 1.28. The van der Waals surface area contributed by atoms with Crippen LogP contribution in [0.5, 0.6) is 5.75 Å². The molecule has 1 aliphatic carbocycles. The van der Waals surface area contributed by atoms with Crippen molar-refractivity contribution < 1.29 is 32.1 Å². The molecule has 0 bridgehead atoms. The molecule has 12 heteroatoms. The minimum Gasteiger partial charge on any atom is -0.484 e. The first-order chi connectivity index (χ1) is 24.4. The summed E-state index contributed by atoms with van der Waals surface area (Å²) in [5, 5.41) is 3.51. The number of nitrogens with zero attached hydrogens (tertiary/aromatic N) is 1. The molecule has 0 spiro atoms. The maximum absolute atomic E-state index is 14.3. The second kappa shape index (κ2) is 16.0. The molecule has 1 aliphatic rings. The van der Waals surface area contributed by atoms with E-state index in [1.54, 1.807) is 0 Å². The minimum absolute atomic E-state index is 0.0309. The van der Waals surface area contributed by atoms with Crippen LogP contribution < -0.4 is 4.74 Å². The van der Waals surface area contributed by atoms with Crippen molar-refractivity contribution in [2.75, 3.05) is 13.2 Å². The zero-order chi connectivity index (χ0) is 39.1. The number of carbonyl (C=O) groups excluding carboxylic acids is 1. The highest BCUT2D eigenvalue weighted by atomic mass is 127. The van der Waals surface area contributed by atoms with Crippen LogP contribution in [0.4, 0.5) is 0 Å². The largest absolute Gasteiger partial charge is 0.484 e. The van der Waals surface area contributed by atoms with Gasteiger partial charge in [-0.05, 0) is 154 Å². The lowest BCUT2D eigenvalue weighted by Gasteiger charge is -2.38. The van der Waals surface area contributed by atoms with Crippen LogP contribution in [0.15, 0.2) is 54.7 Å². The number of hydrogen-bond donors (Lipinski definition) is 0. The van der Waals surface area contributed by atoms with Crippen LogP contribution in [0.2, 0.25) is 23.2 Å². The van der Waals surface area contributed by atoms with Crippen LogP contribution in [0.3, 0.4) is 0 Å². The fourth-order valence-electron chi connectivity index (χ4n) is 5.82. The fourth-order valence-corrected chi connectivity index (χ4v) is 9.68. The lowest BCUT2D eigenvalue weighted by molar-refractivity contribution is -0.0213. The van der Waals surface area contributed by atoms with Crippen molar-refractivity contribution in [1.29, 1.82) is 0 Å². The number of ether oxygens (including phenoxy) is 1. The number of phosphoric ester groups is 1. The highest BCUT2D eigenvalue weighted by Crippen LogP contribution is 2.56. The van der Waals surface area contributed by atoms with E-state index in [4.69, 9.17) is 34.3 Å². The average Bonchev–Trinajstić information content (AvgIpc) is 3.80. The van der Waals surface area contributed by atoms with Crippen molar-refractivity contribution in [3.05, 3.63) is 74.4 Å². The molecule has 0 aliphatic heterocycles. The van der Waals surface area contributed by atoms with Crippen LogP contribution in [-0.2, 0) is 29.1 Å². The molecule has 290 valence electrons. The molecule has 0 N–H and O–H groups in total. The van der Waals surface area contributed by atoms with Crippen molar-refractivity contribution in [2.24, 2.45) is 0 Å². The zero-order valence-electron chi connectivity index (χ0n) is 33.1. The maximum atomic E-state index is 14.3. The SMILES string of the molecule is CC(C)(C)OP(=O)(OC(CCn1cc(C(=O)COc2cc3ccc(Cl)cc3cc2I)c2ccc(C3CC3)cc21)CO[Si](C)(C)C(C)(C)C)OC(C)(C)C. The third-order valence-electron chi connectivity index (χ3n) is 9.65. The number of Topliss-reactive ketones (excluding diaryl/α,β-unsaturated/α-hetero) is 1. The minimum atomic E-state index is -4.05. The molecular weight excluding hydrogens is 840 g/mol. The number of carbonyl (C=O) groups is 1. The van der Waals surface area contributed by atoms with E-state index in [1.165, 1.54) is 18.4 Å². The van der Waals surface area contributed by atoms with Gasteiger partial charge in [-0.3, -0.25) is 18.4 Å². The number of fused-ring (bicyclic) bond motifs is 2. The summed E-state index contributed by atoms with van der Waals surface area (Å²) in [6.45, 7) is 22.5. The Kier molecular flexibility index (Phi) is 12.8. The number of ketones is 1. The molecule has 53 heavy (non-hydrogen) atoms. The number of aryl methyl sites for hydroxylation is 1. The van der Waals surface area contributed by atoms with Crippen molar-refractivity contribution >= 4 is 77.8 Å². The number of halogens is 2. The normalized spacial score (nSPS) is 15.3. The summed E-state index contributed by atoms with van der Waals surface area (Å²) in [5.74, 6) is 1.07. The summed E-state index contributed by atoms with van der Waals surface area (Å²) in [4.78, 5) is 13.9. The number of rotatable bonds is 15. The molecule has 1 saturated carbocycles. The van der Waals surface area contributed by atoms with E-state index >= 15 is 0 Å². The molecule has 1 fully saturated rings. The maximum Gasteiger partial charge on any atom is 0.476 e. The summed E-state index contributed by atoms with van der Waals surface area (Å²) in [7, 11) is -6.24. The van der Waals surface area contributed by atoms with E-state index < -0.39 is 33.4 Å². The molecule has 4 aromatic rings. The Labute approximate surface area is 335 Å². The lowest BCUT2D eigenvalue weighted by Crippen LogP contribution is -2.43. The molecule has 1 unspecified atom stereocenters. The van der Waals surface area contributed by atoms with Crippen LogP contribution in [0.1, 0.15) is 103 Å². The third-order valence-corrected chi connectivity index (χ3v) is 17.3. The summed E-state index contributed by atoms with van der Waals surface area (Å²) >= 11 is 8.44. The van der Waals surface area contributed by atoms with Gasteiger partial charge in [-0.25, -0.2) is 4.57 Å². The predicted molar refractivity (Wildman–Crippen MR) is 227 cm³/mol. The first kappa shape index (κ1) is 42.4. The monoisotopic (exact) mass is 895 g/mol. The van der Waals surface area contributed by atoms with Gasteiger partial charge >= 0.3 is 7.82 Å². The number of benzene rings is 3. The number of hydrogen-bond acceptors (Lipinski definition) is 7. The summed E-state index contributed by atoms with van der Waals surface area (Å²) in [6, 6.07) is 16.1. The molecule has 3 aromatic carbocycles. The highest BCUT2D eigenvalue weighted by Gasteiger charge is 2.42. The average molecular weight is 896 g/mol. The second-order valence-electron chi connectivity index (χ2n) is 17.7. The van der Waals surface area contributed by atoms with Gasteiger partial charge in [0.2, 0.25) is 5.78 Å². The third kappa shape index (κ3) is 11.4. The molecule has 1 atom stereocenters. The molecule has 0 radical (unpaired) electrons. The summed E-state index contributed by atoms with van der Waals surface area (Å²) in [6.07, 6.45) is 4.08. The van der Waals surface area contributed by atoms with Crippen LogP contribution in [0.25, 0.3) is 21.7 Å². The lowest BCUT2D eigenvalue weighted by atomic mass is 10.1. The van der Waals surface area contributed by atoms with Crippen molar-refractivity contribution in [3.63, 3.8) is 0 Å². The van der Waals surface area contributed by atoms with Crippen LogP contribution in [0, 0.1) is 3.57 Å². The first-order valence-corrected chi connectivity index (χ1v) is 24.3. The van der Waals surface area contributed by atoms with Crippen LogP contribution in [-0.4, -0.2) is 49.2 Å². The molecule has 0 saturated heterocycles. The van der Waals surface area contributed by atoms with Gasteiger partial charge in [0.15, 0.2) is 14.9 Å². The second-order valence-corrected chi connectivity index (χ2v) is 25.6. The molecule has 5 rings (SSSR count). The molecule has 8 nitrogen and oxygen atoms in total. The van der Waals surface area contributed by atoms with Crippen molar-refractivity contribution in [2.45, 2.75) is 129 Å². The Hall–Kier alpha value is -1.76. The smallest absolute Gasteiger partial charge is 0.476 e. The van der Waals surface area contributed by atoms with Gasteiger partial charge in [0.05, 0.1) is 27.5 Å². The van der Waals surface area contributed by atoms with E-state index in [9.17, 15) is 9.36 Å². The van der Waals surface area contributed by atoms with Crippen molar-refractivity contribution in [3.8, 4) is 5.75 Å². The van der Waals surface area contributed by atoms with E-state index in [2.05, 4.69) is 79.2 Å². The Balaban J connectivity index is 1.43. The number of phosphoric acid groups is 1. The Bertz CT molecular complexity index is 1990. The van der Waals surface area contributed by atoms with Gasteiger partial charge in [-0.1, -0.05) is 50.6 Å². The highest BCUT2D eigenvalue weighted by molar-refractivity contribution is 14.1. The topological polar surface area (TPSA) is 85.2 Å². The molecule has 1 aromatic heterocycles. The van der Waals surface area contributed by atoms with Gasteiger partial charge in [-0.2, -0.15) is 0 Å². The Morgan fingerprint density at radius 3 is 2.21 bits per heavy atom. The van der Waals surface area contributed by atoms with Crippen LogP contribution >= 0.6 is 42.0 Å². The van der Waals surface area contributed by atoms with E-state index in [1.807, 2.05) is 78.1 Å². The Morgan fingerprint density at radius 2 is 1.60 bits per heavy atom. The summed E-state index contributed by atoms with van der Waals surface area (Å²) < 4.78 is 48.6. The van der Waals surface area contributed by atoms with Gasteiger partial charge in [0.25, 0.3) is 0 Å². The molecule has 1 heterocycles. The zero-order valence-corrected chi connectivity index (χ0v) is 37.9. The van der Waals surface area contributed by atoms with Gasteiger partial charge in [-0.15, -0.1) is 0 Å².